The maximum atomic E-state index is 12.8. The molecule has 1 aromatic rings. The summed E-state index contributed by atoms with van der Waals surface area (Å²) in [5.41, 5.74) is 1.81. The van der Waals surface area contributed by atoms with Gasteiger partial charge in [0.25, 0.3) is 23.6 Å². The first-order chi connectivity index (χ1) is 23.6. The SMILES string of the molecule is CC(C)CCCCCCN1C(=O)C=CC1=O.CC(C)Cc1ccc(NC(=O)[C@H](C)NC(=O)C(NC(=O)CCN2C(=O)C=CC2=O)C(C)C)cc1. The molecule has 0 fully saturated rings. The van der Waals surface area contributed by atoms with Gasteiger partial charge in [0.05, 0.1) is 0 Å². The van der Waals surface area contributed by atoms with Gasteiger partial charge in [-0.25, -0.2) is 0 Å². The van der Waals surface area contributed by atoms with Crippen LogP contribution >= 0.6 is 0 Å². The number of nitrogens with zero attached hydrogens (tertiary/aromatic N) is 2. The van der Waals surface area contributed by atoms with Crippen molar-refractivity contribution in [2.45, 2.75) is 105 Å². The van der Waals surface area contributed by atoms with Gasteiger partial charge in [-0.3, -0.25) is 43.4 Å². The second kappa shape index (κ2) is 20.8. The minimum absolute atomic E-state index is 0.0717. The molecule has 0 bridgehead atoms. The van der Waals surface area contributed by atoms with E-state index in [1.54, 1.807) is 20.8 Å². The largest absolute Gasteiger partial charge is 0.344 e. The van der Waals surface area contributed by atoms with Crippen LogP contribution in [0.2, 0.25) is 0 Å². The fourth-order valence-electron chi connectivity index (χ4n) is 5.29. The van der Waals surface area contributed by atoms with Crippen molar-refractivity contribution in [3.63, 3.8) is 0 Å². The third kappa shape index (κ3) is 14.5. The minimum Gasteiger partial charge on any atom is -0.344 e. The second-order valence-electron chi connectivity index (χ2n) is 14.0. The van der Waals surface area contributed by atoms with Gasteiger partial charge in [0.1, 0.15) is 12.1 Å². The predicted molar refractivity (Wildman–Crippen MR) is 192 cm³/mol. The molecule has 0 saturated carbocycles. The quantitative estimate of drug-likeness (QED) is 0.153. The molecule has 12 heteroatoms. The Labute approximate surface area is 296 Å². The molecule has 1 aromatic carbocycles. The molecule has 2 aliphatic heterocycles. The van der Waals surface area contributed by atoms with Gasteiger partial charge in [-0.1, -0.05) is 79.4 Å². The van der Waals surface area contributed by atoms with Gasteiger partial charge in [-0.15, -0.1) is 0 Å². The number of unbranched alkanes of at least 4 members (excludes halogenated alkanes) is 3. The Balaban J connectivity index is 0.000000452. The van der Waals surface area contributed by atoms with Crippen molar-refractivity contribution in [3.8, 4) is 0 Å². The maximum Gasteiger partial charge on any atom is 0.253 e. The molecule has 274 valence electrons. The summed E-state index contributed by atoms with van der Waals surface area (Å²) in [6.07, 6.45) is 11.6. The van der Waals surface area contributed by atoms with Crippen molar-refractivity contribution in [2.24, 2.45) is 17.8 Å². The molecule has 0 aliphatic carbocycles. The van der Waals surface area contributed by atoms with Crippen LogP contribution in [0.5, 0.6) is 0 Å². The van der Waals surface area contributed by atoms with Crippen molar-refractivity contribution in [1.29, 1.82) is 0 Å². The number of hydrogen-bond acceptors (Lipinski definition) is 7. The van der Waals surface area contributed by atoms with E-state index >= 15 is 0 Å². The standard InChI is InChI=1S/C25H34N4O5.C13H21NO2/c1-15(2)14-18-6-8-19(9-7-18)27-24(33)17(5)26-25(34)23(16(3)4)28-20(30)12-13-29-21(31)10-11-22(29)32;1-11(2)7-5-3-4-6-10-14-12(15)8-9-13(14)16/h6-11,15-17,23H,12-14H2,1-5H3,(H,26,34)(H,27,33)(H,28,30);8-9,11H,3-7,10H2,1-2H3/t17-,23?;/m0./s1. The lowest BCUT2D eigenvalue weighted by Gasteiger charge is -2.24. The molecule has 50 heavy (non-hydrogen) atoms. The molecule has 0 aromatic heterocycles. The van der Waals surface area contributed by atoms with Gasteiger partial charge in [0.2, 0.25) is 17.7 Å². The van der Waals surface area contributed by atoms with E-state index in [4.69, 9.17) is 0 Å². The van der Waals surface area contributed by atoms with E-state index in [0.29, 0.717) is 18.2 Å². The number of hydrogen-bond donors (Lipinski definition) is 3. The Morgan fingerprint density at radius 1 is 0.620 bits per heavy atom. The molecule has 1 unspecified atom stereocenters. The molecule has 3 rings (SSSR count). The third-order valence-corrected chi connectivity index (χ3v) is 8.16. The van der Waals surface area contributed by atoms with E-state index in [1.165, 1.54) is 41.9 Å². The molecule has 2 heterocycles. The summed E-state index contributed by atoms with van der Waals surface area (Å²) in [6, 6.07) is 5.87. The Morgan fingerprint density at radius 2 is 1.14 bits per heavy atom. The molecular formula is C38H55N5O7. The molecule has 3 N–H and O–H groups in total. The van der Waals surface area contributed by atoms with E-state index in [9.17, 15) is 33.6 Å². The second-order valence-corrected chi connectivity index (χ2v) is 14.0. The van der Waals surface area contributed by atoms with E-state index in [-0.39, 0.29) is 36.6 Å². The van der Waals surface area contributed by atoms with Crippen LogP contribution in [0.3, 0.4) is 0 Å². The monoisotopic (exact) mass is 693 g/mol. The Kier molecular flexibility index (Phi) is 17.3. The fraction of sp³-hybridized carbons (Fsp3) is 0.553. The zero-order valence-corrected chi connectivity index (χ0v) is 30.6. The number of amides is 7. The predicted octanol–water partition coefficient (Wildman–Crippen LogP) is 4.30. The average molecular weight is 694 g/mol. The molecule has 12 nitrogen and oxygen atoms in total. The Bertz CT molecular complexity index is 1380. The molecule has 0 spiro atoms. The van der Waals surface area contributed by atoms with Crippen LogP contribution in [0.15, 0.2) is 48.6 Å². The zero-order chi connectivity index (χ0) is 37.4. The lowest BCUT2D eigenvalue weighted by molar-refractivity contribution is -0.139. The van der Waals surface area contributed by atoms with Gasteiger partial charge in [-0.05, 0) is 55.2 Å². The topological polar surface area (TPSA) is 162 Å². The lowest BCUT2D eigenvalue weighted by atomic mass is 10.0. The zero-order valence-electron chi connectivity index (χ0n) is 30.6. The van der Waals surface area contributed by atoms with Crippen LogP contribution in [0, 0.1) is 17.8 Å². The minimum atomic E-state index is -0.874. The van der Waals surface area contributed by atoms with Crippen molar-refractivity contribution < 1.29 is 33.6 Å². The van der Waals surface area contributed by atoms with Crippen LogP contribution in [0.25, 0.3) is 0 Å². The Hall–Kier alpha value is -4.61. The number of carbonyl (C=O) groups excluding carboxylic acids is 7. The highest BCUT2D eigenvalue weighted by molar-refractivity contribution is 6.13. The third-order valence-electron chi connectivity index (χ3n) is 8.16. The summed E-state index contributed by atoms with van der Waals surface area (Å²) in [6.45, 7) is 14.3. The van der Waals surface area contributed by atoms with E-state index in [0.717, 1.165) is 42.2 Å². The summed E-state index contributed by atoms with van der Waals surface area (Å²) in [5.74, 6) is -1.54. The summed E-state index contributed by atoms with van der Waals surface area (Å²) in [5, 5.41) is 8.05. The van der Waals surface area contributed by atoms with Crippen LogP contribution < -0.4 is 16.0 Å². The van der Waals surface area contributed by atoms with E-state index < -0.39 is 35.7 Å². The molecule has 0 radical (unpaired) electrons. The maximum absolute atomic E-state index is 12.8. The van der Waals surface area contributed by atoms with Crippen LogP contribution in [0.1, 0.15) is 92.6 Å². The van der Waals surface area contributed by atoms with Gasteiger partial charge in [0.15, 0.2) is 0 Å². The van der Waals surface area contributed by atoms with Crippen molar-refractivity contribution in [1.82, 2.24) is 20.4 Å². The Morgan fingerprint density at radius 3 is 1.64 bits per heavy atom. The highest BCUT2D eigenvalue weighted by Gasteiger charge is 2.29. The lowest BCUT2D eigenvalue weighted by Crippen LogP contribution is -2.54. The fourth-order valence-corrected chi connectivity index (χ4v) is 5.29. The van der Waals surface area contributed by atoms with Crippen molar-refractivity contribution in [2.75, 3.05) is 18.4 Å². The smallest absolute Gasteiger partial charge is 0.253 e. The highest BCUT2D eigenvalue weighted by Crippen LogP contribution is 2.14. The van der Waals surface area contributed by atoms with Gasteiger partial charge in [-0.2, -0.15) is 0 Å². The number of benzene rings is 1. The average Bonchev–Trinajstić information content (AvgIpc) is 3.54. The van der Waals surface area contributed by atoms with Crippen LogP contribution in [-0.4, -0.2) is 76.3 Å². The van der Waals surface area contributed by atoms with Gasteiger partial charge >= 0.3 is 0 Å². The molecule has 0 saturated heterocycles. The number of rotatable bonds is 18. The van der Waals surface area contributed by atoms with E-state index in [2.05, 4.69) is 43.6 Å². The summed E-state index contributed by atoms with van der Waals surface area (Å²) in [7, 11) is 0. The molecular weight excluding hydrogens is 638 g/mol. The van der Waals surface area contributed by atoms with Crippen molar-refractivity contribution >= 4 is 47.0 Å². The van der Waals surface area contributed by atoms with Gasteiger partial charge < -0.3 is 16.0 Å². The summed E-state index contributed by atoms with van der Waals surface area (Å²) in [4.78, 5) is 85.6. The molecule has 2 atom stereocenters. The van der Waals surface area contributed by atoms with Gasteiger partial charge in [0, 0.05) is 49.5 Å². The molecule has 2 aliphatic rings. The number of anilines is 1. The van der Waals surface area contributed by atoms with Crippen molar-refractivity contribution in [3.05, 3.63) is 54.1 Å². The van der Waals surface area contributed by atoms with E-state index in [1.807, 2.05) is 24.3 Å². The molecule has 7 amide bonds. The highest BCUT2D eigenvalue weighted by atomic mass is 16.2. The normalized spacial score (nSPS) is 15.2. The number of carbonyl (C=O) groups is 7. The number of nitrogens with one attached hydrogen (secondary N) is 3. The summed E-state index contributed by atoms with van der Waals surface area (Å²) >= 11 is 0. The van der Waals surface area contributed by atoms with Crippen LogP contribution in [0.4, 0.5) is 5.69 Å². The first-order valence-corrected chi connectivity index (χ1v) is 17.7. The first kappa shape index (κ1) is 41.6. The summed E-state index contributed by atoms with van der Waals surface area (Å²) < 4.78 is 0. The first-order valence-electron chi connectivity index (χ1n) is 17.7. The number of imide groups is 2. The van der Waals surface area contributed by atoms with Crippen LogP contribution in [-0.2, 0) is 40.0 Å².